The summed E-state index contributed by atoms with van der Waals surface area (Å²) in [6, 6.07) is 5.87. The monoisotopic (exact) mass is 363 g/mol. The molecule has 6 heteroatoms. The first kappa shape index (κ1) is 16.2. The third-order valence-corrected chi connectivity index (χ3v) is 3.91. The average Bonchev–Trinajstić information content (AvgIpc) is 2.77. The van der Waals surface area contributed by atoms with Crippen LogP contribution in [0.3, 0.4) is 0 Å². The highest BCUT2D eigenvalue weighted by molar-refractivity contribution is 9.10. The highest BCUT2D eigenvalue weighted by Gasteiger charge is 2.19. The van der Waals surface area contributed by atoms with E-state index in [-0.39, 0.29) is 0 Å². The summed E-state index contributed by atoms with van der Waals surface area (Å²) in [5.74, 6) is 1.76. The van der Waals surface area contributed by atoms with Gasteiger partial charge in [-0.05, 0) is 48.3 Å². The molecular weight excluding hydrogens is 346 g/mol. The van der Waals surface area contributed by atoms with E-state index in [0.717, 1.165) is 21.3 Å². The van der Waals surface area contributed by atoms with E-state index in [4.69, 9.17) is 15.2 Å². The number of rotatable bonds is 5. The SMILES string of the molecule is CCOc1cc(OCC)c(-c2[nH]c(N)c(C#N)c2C)cc1Br. The molecular formula is C16H18BrN3O2. The summed E-state index contributed by atoms with van der Waals surface area (Å²) >= 11 is 3.51. The van der Waals surface area contributed by atoms with Crippen LogP contribution in [0.4, 0.5) is 5.82 Å². The molecule has 0 fully saturated rings. The van der Waals surface area contributed by atoms with Gasteiger partial charge in [-0.15, -0.1) is 0 Å². The van der Waals surface area contributed by atoms with Crippen LogP contribution in [-0.4, -0.2) is 18.2 Å². The standard InChI is InChI=1S/C16H18BrN3O2/c1-4-21-13-7-14(22-5-2)12(17)6-10(13)15-9(3)11(8-18)16(19)20-15/h6-7,20H,4-5,19H2,1-3H3. The van der Waals surface area contributed by atoms with Crippen LogP contribution in [0.15, 0.2) is 16.6 Å². The van der Waals surface area contributed by atoms with E-state index in [9.17, 15) is 5.26 Å². The van der Waals surface area contributed by atoms with E-state index in [2.05, 4.69) is 27.0 Å². The van der Waals surface area contributed by atoms with Crippen molar-refractivity contribution in [2.75, 3.05) is 18.9 Å². The molecule has 0 saturated heterocycles. The quantitative estimate of drug-likeness (QED) is 0.840. The molecule has 0 spiro atoms. The molecule has 2 aromatic rings. The number of ether oxygens (including phenoxy) is 2. The second kappa shape index (κ2) is 6.75. The van der Waals surface area contributed by atoms with Gasteiger partial charge >= 0.3 is 0 Å². The average molecular weight is 364 g/mol. The predicted molar refractivity (Wildman–Crippen MR) is 90.1 cm³/mol. The van der Waals surface area contributed by atoms with Gasteiger partial charge in [0.1, 0.15) is 23.4 Å². The zero-order valence-electron chi connectivity index (χ0n) is 12.8. The van der Waals surface area contributed by atoms with Gasteiger partial charge in [0.15, 0.2) is 0 Å². The number of hydrogen-bond acceptors (Lipinski definition) is 4. The van der Waals surface area contributed by atoms with E-state index in [1.54, 1.807) is 0 Å². The first-order chi connectivity index (χ1) is 10.5. The van der Waals surface area contributed by atoms with Crippen molar-refractivity contribution in [1.82, 2.24) is 4.98 Å². The van der Waals surface area contributed by atoms with Crippen molar-refractivity contribution in [3.05, 3.63) is 27.7 Å². The largest absolute Gasteiger partial charge is 0.493 e. The van der Waals surface area contributed by atoms with Crippen molar-refractivity contribution in [3.8, 4) is 28.8 Å². The number of aromatic nitrogens is 1. The maximum absolute atomic E-state index is 9.19. The number of H-pyrrole nitrogens is 1. The van der Waals surface area contributed by atoms with E-state index in [1.807, 2.05) is 32.9 Å². The molecule has 0 saturated carbocycles. The maximum Gasteiger partial charge on any atom is 0.137 e. The third-order valence-electron chi connectivity index (χ3n) is 3.29. The molecule has 22 heavy (non-hydrogen) atoms. The molecule has 0 aliphatic heterocycles. The van der Waals surface area contributed by atoms with Crippen molar-refractivity contribution in [3.63, 3.8) is 0 Å². The first-order valence-corrected chi connectivity index (χ1v) is 7.80. The van der Waals surface area contributed by atoms with Gasteiger partial charge in [-0.3, -0.25) is 0 Å². The Kier molecular flexibility index (Phi) is 4.99. The van der Waals surface area contributed by atoms with Crippen LogP contribution in [0.2, 0.25) is 0 Å². The minimum Gasteiger partial charge on any atom is -0.493 e. The number of nitrogen functional groups attached to an aromatic ring is 1. The highest BCUT2D eigenvalue weighted by atomic mass is 79.9. The molecule has 0 atom stereocenters. The Morgan fingerprint density at radius 3 is 2.41 bits per heavy atom. The summed E-state index contributed by atoms with van der Waals surface area (Å²) in [7, 11) is 0. The van der Waals surface area contributed by atoms with Crippen LogP contribution in [0.5, 0.6) is 11.5 Å². The van der Waals surface area contributed by atoms with Crippen molar-refractivity contribution in [2.45, 2.75) is 20.8 Å². The number of nitrogens with one attached hydrogen (secondary N) is 1. The fourth-order valence-corrected chi connectivity index (χ4v) is 2.76. The van der Waals surface area contributed by atoms with Gasteiger partial charge in [0.05, 0.1) is 28.9 Å². The van der Waals surface area contributed by atoms with Crippen LogP contribution >= 0.6 is 15.9 Å². The molecule has 0 bridgehead atoms. The Bertz CT molecular complexity index is 732. The lowest BCUT2D eigenvalue weighted by Gasteiger charge is -2.14. The lowest BCUT2D eigenvalue weighted by Crippen LogP contribution is -1.98. The van der Waals surface area contributed by atoms with Gasteiger partial charge in [-0.1, -0.05) is 0 Å². The molecule has 116 valence electrons. The van der Waals surface area contributed by atoms with Crippen LogP contribution < -0.4 is 15.2 Å². The fraction of sp³-hybridized carbons (Fsp3) is 0.312. The van der Waals surface area contributed by atoms with Gasteiger partial charge in [-0.2, -0.15) is 5.26 Å². The molecule has 0 aliphatic carbocycles. The number of hydrogen-bond donors (Lipinski definition) is 2. The minimum absolute atomic E-state index is 0.363. The summed E-state index contributed by atoms with van der Waals surface area (Å²) < 4.78 is 12.1. The normalized spacial score (nSPS) is 10.3. The third kappa shape index (κ3) is 2.90. The molecule has 0 amide bonds. The molecule has 3 N–H and O–H groups in total. The Hall–Kier alpha value is -2.13. The molecule has 5 nitrogen and oxygen atoms in total. The number of nitrogens with two attached hydrogens (primary N) is 1. The lowest BCUT2D eigenvalue weighted by molar-refractivity contribution is 0.322. The van der Waals surface area contributed by atoms with E-state index in [1.165, 1.54) is 0 Å². The number of halogens is 1. The van der Waals surface area contributed by atoms with Crippen LogP contribution in [0.25, 0.3) is 11.3 Å². The second-order valence-electron chi connectivity index (χ2n) is 4.67. The van der Waals surface area contributed by atoms with E-state index < -0.39 is 0 Å². The van der Waals surface area contributed by atoms with Crippen molar-refractivity contribution in [1.29, 1.82) is 5.26 Å². The van der Waals surface area contributed by atoms with Gasteiger partial charge < -0.3 is 20.2 Å². The summed E-state index contributed by atoms with van der Waals surface area (Å²) in [6.45, 7) is 6.80. The number of benzene rings is 1. The van der Waals surface area contributed by atoms with Crippen LogP contribution in [0, 0.1) is 18.3 Å². The van der Waals surface area contributed by atoms with Gasteiger partial charge in [0.2, 0.25) is 0 Å². The molecule has 0 unspecified atom stereocenters. The zero-order chi connectivity index (χ0) is 16.3. The summed E-state index contributed by atoms with van der Waals surface area (Å²) in [5.41, 5.74) is 8.75. The molecule has 0 aliphatic rings. The smallest absolute Gasteiger partial charge is 0.137 e. The second-order valence-corrected chi connectivity index (χ2v) is 5.52. The van der Waals surface area contributed by atoms with Crippen LogP contribution in [-0.2, 0) is 0 Å². The molecule has 1 heterocycles. The van der Waals surface area contributed by atoms with Gasteiger partial charge in [-0.25, -0.2) is 0 Å². The molecule has 2 rings (SSSR count). The van der Waals surface area contributed by atoms with Crippen LogP contribution in [0.1, 0.15) is 25.0 Å². The van der Waals surface area contributed by atoms with Gasteiger partial charge in [0.25, 0.3) is 0 Å². The lowest BCUT2D eigenvalue weighted by atomic mass is 10.1. The molecule has 1 aromatic heterocycles. The Morgan fingerprint density at radius 1 is 1.23 bits per heavy atom. The molecule has 0 radical (unpaired) electrons. The number of nitriles is 1. The van der Waals surface area contributed by atoms with Gasteiger partial charge in [0, 0.05) is 11.6 Å². The van der Waals surface area contributed by atoms with Crippen molar-refractivity contribution >= 4 is 21.7 Å². The first-order valence-electron chi connectivity index (χ1n) is 7.01. The highest BCUT2D eigenvalue weighted by Crippen LogP contribution is 2.41. The number of nitrogens with zero attached hydrogens (tertiary/aromatic N) is 1. The number of aromatic amines is 1. The summed E-state index contributed by atoms with van der Waals surface area (Å²) in [6.07, 6.45) is 0. The van der Waals surface area contributed by atoms with E-state index >= 15 is 0 Å². The summed E-state index contributed by atoms with van der Waals surface area (Å²) in [4.78, 5) is 3.07. The summed E-state index contributed by atoms with van der Waals surface area (Å²) in [5, 5.41) is 9.19. The topological polar surface area (TPSA) is 84.1 Å². The Labute approximate surface area is 138 Å². The fourth-order valence-electron chi connectivity index (χ4n) is 2.30. The Morgan fingerprint density at radius 2 is 1.86 bits per heavy atom. The maximum atomic E-state index is 9.19. The minimum atomic E-state index is 0.363. The molecule has 1 aromatic carbocycles. The zero-order valence-corrected chi connectivity index (χ0v) is 14.4. The Balaban J connectivity index is 2.64. The predicted octanol–water partition coefficient (Wildman–Crippen LogP) is 4.00. The van der Waals surface area contributed by atoms with Crippen molar-refractivity contribution < 1.29 is 9.47 Å². The van der Waals surface area contributed by atoms with Crippen molar-refractivity contribution in [2.24, 2.45) is 0 Å². The van der Waals surface area contributed by atoms with E-state index in [0.29, 0.717) is 36.1 Å². The number of anilines is 1.